The molecule has 0 bridgehead atoms. The predicted octanol–water partition coefficient (Wildman–Crippen LogP) is 2.77. The van der Waals surface area contributed by atoms with Crippen LogP contribution < -0.4 is 10.6 Å². The van der Waals surface area contributed by atoms with Crippen LogP contribution in [0.4, 0.5) is 5.69 Å². The molecule has 0 aliphatic heterocycles. The smallest absolute Gasteiger partial charge is 0.239 e. The van der Waals surface area contributed by atoms with E-state index >= 15 is 0 Å². The van der Waals surface area contributed by atoms with E-state index in [9.17, 15) is 4.79 Å². The van der Waals surface area contributed by atoms with Gasteiger partial charge in [-0.1, -0.05) is 31.8 Å². The van der Waals surface area contributed by atoms with Crippen molar-refractivity contribution in [2.24, 2.45) is 5.92 Å². The number of carbonyl (C=O) groups excluding carboxylic acids is 1. The molecule has 1 aliphatic carbocycles. The molecule has 3 heteroatoms. The Kier molecular flexibility index (Phi) is 5.06. The molecule has 0 aromatic heterocycles. The molecule has 0 radical (unpaired) electrons. The highest BCUT2D eigenvalue weighted by Gasteiger charge is 2.22. The average molecular weight is 270 g/mol. The predicted molar refractivity (Wildman–Crippen MR) is 82.4 cm³/mol. The van der Waals surface area contributed by atoms with E-state index in [2.05, 4.69) is 23.5 Å². The zero-order valence-electron chi connectivity index (χ0n) is 12.0. The largest absolute Gasteiger partial charge is 0.376 e. The third-order valence-corrected chi connectivity index (χ3v) is 3.94. The lowest BCUT2D eigenvalue weighted by molar-refractivity contribution is -0.120. The van der Waals surface area contributed by atoms with E-state index < -0.39 is 0 Å². The van der Waals surface area contributed by atoms with Crippen molar-refractivity contribution >= 4 is 11.6 Å². The molecule has 2 atom stereocenters. The van der Waals surface area contributed by atoms with Gasteiger partial charge >= 0.3 is 0 Å². The highest BCUT2D eigenvalue weighted by Crippen LogP contribution is 2.23. The molecule has 3 nitrogen and oxygen atoms in total. The molecule has 1 fully saturated rings. The standard InChI is InChI=1S/C17H22N2O/c1-3-14-8-6-9-15(11-14)18-12-17(20)19-16-10-5-4-7-13(16)2/h1,6,8-9,11,13,16,18H,4-5,7,10,12H2,2H3,(H,19,20). The second kappa shape index (κ2) is 7.00. The first-order valence-electron chi connectivity index (χ1n) is 7.29. The highest BCUT2D eigenvalue weighted by molar-refractivity contribution is 5.81. The van der Waals surface area contributed by atoms with Gasteiger partial charge in [0.15, 0.2) is 0 Å². The van der Waals surface area contributed by atoms with Crippen LogP contribution in [0.3, 0.4) is 0 Å². The molecule has 0 spiro atoms. The van der Waals surface area contributed by atoms with Gasteiger partial charge in [-0.3, -0.25) is 4.79 Å². The molecule has 2 unspecified atom stereocenters. The number of nitrogens with one attached hydrogen (secondary N) is 2. The second-order valence-corrected chi connectivity index (χ2v) is 5.51. The van der Waals surface area contributed by atoms with E-state index in [0.717, 1.165) is 17.7 Å². The summed E-state index contributed by atoms with van der Waals surface area (Å²) >= 11 is 0. The molecule has 106 valence electrons. The van der Waals surface area contributed by atoms with Gasteiger partial charge in [0.25, 0.3) is 0 Å². The molecule has 1 aromatic carbocycles. The summed E-state index contributed by atoms with van der Waals surface area (Å²) in [6.07, 6.45) is 10.2. The minimum Gasteiger partial charge on any atom is -0.376 e. The molecule has 0 heterocycles. The van der Waals surface area contributed by atoms with Gasteiger partial charge < -0.3 is 10.6 Å². The topological polar surface area (TPSA) is 41.1 Å². The van der Waals surface area contributed by atoms with Crippen LogP contribution in [0.5, 0.6) is 0 Å². The van der Waals surface area contributed by atoms with E-state index in [-0.39, 0.29) is 12.5 Å². The minimum atomic E-state index is 0.0508. The molecule has 1 amide bonds. The van der Waals surface area contributed by atoms with Gasteiger partial charge in [-0.05, 0) is 37.0 Å². The van der Waals surface area contributed by atoms with E-state index in [1.54, 1.807) is 0 Å². The zero-order chi connectivity index (χ0) is 14.4. The van der Waals surface area contributed by atoms with E-state index in [0.29, 0.717) is 12.0 Å². The Balaban J connectivity index is 1.81. The summed E-state index contributed by atoms with van der Waals surface area (Å²) in [6, 6.07) is 7.87. The van der Waals surface area contributed by atoms with Gasteiger partial charge in [0.2, 0.25) is 5.91 Å². The van der Waals surface area contributed by atoms with Crippen LogP contribution in [0.25, 0.3) is 0 Å². The maximum atomic E-state index is 12.0. The van der Waals surface area contributed by atoms with E-state index in [4.69, 9.17) is 6.42 Å². The number of hydrogen-bond donors (Lipinski definition) is 2. The van der Waals surface area contributed by atoms with Crippen LogP contribution in [0.2, 0.25) is 0 Å². The van der Waals surface area contributed by atoms with Crippen LogP contribution in [-0.2, 0) is 4.79 Å². The molecule has 20 heavy (non-hydrogen) atoms. The first-order chi connectivity index (χ1) is 9.69. The third-order valence-electron chi connectivity index (χ3n) is 3.94. The third kappa shape index (κ3) is 4.03. The van der Waals surface area contributed by atoms with Gasteiger partial charge in [0.1, 0.15) is 0 Å². The molecule has 2 rings (SSSR count). The molecule has 1 aliphatic rings. The van der Waals surface area contributed by atoms with Gasteiger partial charge in [0, 0.05) is 17.3 Å². The molecular formula is C17H22N2O. The summed E-state index contributed by atoms with van der Waals surface area (Å²) < 4.78 is 0. The van der Waals surface area contributed by atoms with Crippen LogP contribution in [-0.4, -0.2) is 18.5 Å². The van der Waals surface area contributed by atoms with Gasteiger partial charge in [-0.15, -0.1) is 6.42 Å². The van der Waals surface area contributed by atoms with E-state index in [1.165, 1.54) is 19.3 Å². The summed E-state index contributed by atoms with van der Waals surface area (Å²) in [5.41, 5.74) is 1.70. The van der Waals surface area contributed by atoms with Crippen molar-refractivity contribution in [1.82, 2.24) is 5.32 Å². The monoisotopic (exact) mass is 270 g/mol. The number of terminal acetylenes is 1. The molecular weight excluding hydrogens is 248 g/mol. The Labute approximate surface area is 121 Å². The highest BCUT2D eigenvalue weighted by atomic mass is 16.1. The number of rotatable bonds is 4. The summed E-state index contributed by atoms with van der Waals surface area (Å²) in [6.45, 7) is 2.51. The lowest BCUT2D eigenvalue weighted by Crippen LogP contribution is -2.43. The molecule has 1 saturated carbocycles. The Morgan fingerprint density at radius 1 is 1.40 bits per heavy atom. The number of carbonyl (C=O) groups is 1. The first kappa shape index (κ1) is 14.5. The van der Waals surface area contributed by atoms with Crippen LogP contribution in [0, 0.1) is 18.3 Å². The second-order valence-electron chi connectivity index (χ2n) is 5.51. The Morgan fingerprint density at radius 2 is 2.20 bits per heavy atom. The molecule has 2 N–H and O–H groups in total. The van der Waals surface area contributed by atoms with Crippen LogP contribution in [0.15, 0.2) is 24.3 Å². The number of hydrogen-bond acceptors (Lipinski definition) is 2. The number of amides is 1. The fourth-order valence-electron chi connectivity index (χ4n) is 2.69. The van der Waals surface area contributed by atoms with Crippen molar-refractivity contribution in [3.63, 3.8) is 0 Å². The summed E-state index contributed by atoms with van der Waals surface area (Å²) in [5, 5.41) is 6.24. The van der Waals surface area contributed by atoms with E-state index in [1.807, 2.05) is 24.3 Å². The lowest BCUT2D eigenvalue weighted by atomic mass is 9.86. The lowest BCUT2D eigenvalue weighted by Gasteiger charge is -2.29. The summed E-state index contributed by atoms with van der Waals surface area (Å²) in [7, 11) is 0. The van der Waals surface area contributed by atoms with Crippen molar-refractivity contribution in [2.45, 2.75) is 38.6 Å². The molecule has 0 saturated heterocycles. The summed E-state index contributed by atoms with van der Waals surface area (Å²) in [4.78, 5) is 12.0. The Bertz CT molecular complexity index is 504. The average Bonchev–Trinajstić information content (AvgIpc) is 2.48. The zero-order valence-corrected chi connectivity index (χ0v) is 12.0. The van der Waals surface area contributed by atoms with Crippen molar-refractivity contribution < 1.29 is 4.79 Å². The Hall–Kier alpha value is -1.95. The van der Waals surface area contributed by atoms with Crippen molar-refractivity contribution in [2.75, 3.05) is 11.9 Å². The van der Waals surface area contributed by atoms with Crippen molar-refractivity contribution in [3.05, 3.63) is 29.8 Å². The van der Waals surface area contributed by atoms with Crippen molar-refractivity contribution in [1.29, 1.82) is 0 Å². The maximum Gasteiger partial charge on any atom is 0.239 e. The number of anilines is 1. The number of benzene rings is 1. The van der Waals surface area contributed by atoms with Gasteiger partial charge in [0.05, 0.1) is 6.54 Å². The summed E-state index contributed by atoms with van der Waals surface area (Å²) in [5.74, 6) is 3.22. The van der Waals surface area contributed by atoms with Crippen LogP contribution >= 0.6 is 0 Å². The quantitative estimate of drug-likeness (QED) is 0.826. The first-order valence-corrected chi connectivity index (χ1v) is 7.29. The van der Waals surface area contributed by atoms with Gasteiger partial charge in [-0.25, -0.2) is 0 Å². The fourth-order valence-corrected chi connectivity index (χ4v) is 2.69. The normalized spacial score (nSPS) is 21.8. The SMILES string of the molecule is C#Cc1cccc(NCC(=O)NC2CCCCC2C)c1. The van der Waals surface area contributed by atoms with Gasteiger partial charge in [-0.2, -0.15) is 0 Å². The van der Waals surface area contributed by atoms with Crippen molar-refractivity contribution in [3.8, 4) is 12.3 Å². The molecule has 1 aromatic rings. The van der Waals surface area contributed by atoms with Crippen LogP contribution in [0.1, 0.15) is 38.2 Å². The minimum absolute atomic E-state index is 0.0508. The fraction of sp³-hybridized carbons (Fsp3) is 0.471. The maximum absolute atomic E-state index is 12.0. The Morgan fingerprint density at radius 3 is 2.95 bits per heavy atom.